The molecule has 0 fully saturated rings. The minimum Gasteiger partial charge on any atom is -0.410 e. The van der Waals surface area contributed by atoms with E-state index in [0.29, 0.717) is 6.42 Å². The topological polar surface area (TPSA) is 26.3 Å². The monoisotopic (exact) mass is 312 g/mol. The maximum Gasteiger partial charge on any atom is 0.184 e. The third kappa shape index (κ3) is 4.65. The average molecular weight is 312 g/mol. The largest absolute Gasteiger partial charge is 0.410 e. The van der Waals surface area contributed by atoms with E-state index in [1.54, 1.807) is 0 Å². The predicted octanol–water partition coefficient (Wildman–Crippen LogP) is 5.16. The predicted molar refractivity (Wildman–Crippen MR) is 93.7 cm³/mol. The van der Waals surface area contributed by atoms with Crippen molar-refractivity contribution in [2.45, 2.75) is 39.1 Å². The molecule has 2 aromatic carbocycles. The summed E-state index contributed by atoms with van der Waals surface area (Å²) >= 11 is 0. The molecule has 3 heteroatoms. The SMILES string of the molecule is Cc1ccccc1[C@H](CC(=O)c1ccccc1)O[Si](C)(C)C. The van der Waals surface area contributed by atoms with Crippen LogP contribution in [-0.4, -0.2) is 14.1 Å². The molecular formula is C19H24O2Si. The second kappa shape index (κ2) is 7.03. The van der Waals surface area contributed by atoms with Gasteiger partial charge in [0.15, 0.2) is 14.1 Å². The van der Waals surface area contributed by atoms with E-state index >= 15 is 0 Å². The third-order valence-corrected chi connectivity index (χ3v) is 4.49. The molecule has 2 aromatic rings. The molecule has 116 valence electrons. The van der Waals surface area contributed by atoms with E-state index in [0.717, 1.165) is 11.1 Å². The van der Waals surface area contributed by atoms with Crippen LogP contribution in [0.5, 0.6) is 0 Å². The third-order valence-electron chi connectivity index (χ3n) is 3.50. The Hall–Kier alpha value is -1.71. The van der Waals surface area contributed by atoms with Gasteiger partial charge in [0, 0.05) is 12.0 Å². The highest BCUT2D eigenvalue weighted by molar-refractivity contribution is 6.69. The number of hydrogen-bond donors (Lipinski definition) is 0. The lowest BCUT2D eigenvalue weighted by molar-refractivity contribution is 0.0900. The number of rotatable bonds is 6. The number of benzene rings is 2. The van der Waals surface area contributed by atoms with Crippen molar-refractivity contribution < 1.29 is 9.22 Å². The smallest absolute Gasteiger partial charge is 0.184 e. The van der Waals surface area contributed by atoms with Crippen LogP contribution >= 0.6 is 0 Å². The van der Waals surface area contributed by atoms with Crippen LogP contribution in [0.3, 0.4) is 0 Å². The zero-order valence-electron chi connectivity index (χ0n) is 13.8. The summed E-state index contributed by atoms with van der Waals surface area (Å²) in [5.74, 6) is 0.132. The van der Waals surface area contributed by atoms with Gasteiger partial charge in [0.1, 0.15) is 0 Å². The highest BCUT2D eigenvalue weighted by atomic mass is 28.4. The van der Waals surface area contributed by atoms with E-state index in [9.17, 15) is 4.79 Å². The molecule has 0 bridgehead atoms. The summed E-state index contributed by atoms with van der Waals surface area (Å²) in [5.41, 5.74) is 3.04. The van der Waals surface area contributed by atoms with Crippen LogP contribution in [0.4, 0.5) is 0 Å². The fourth-order valence-electron chi connectivity index (χ4n) is 2.50. The van der Waals surface area contributed by atoms with Crippen molar-refractivity contribution in [1.82, 2.24) is 0 Å². The summed E-state index contributed by atoms with van der Waals surface area (Å²) in [4.78, 5) is 12.6. The maximum absolute atomic E-state index is 12.6. The molecule has 0 saturated carbocycles. The van der Waals surface area contributed by atoms with Crippen molar-refractivity contribution in [3.8, 4) is 0 Å². The Morgan fingerprint density at radius 2 is 1.59 bits per heavy atom. The van der Waals surface area contributed by atoms with Crippen molar-refractivity contribution in [3.05, 3.63) is 71.3 Å². The number of ketones is 1. The molecule has 0 heterocycles. The van der Waals surface area contributed by atoms with Gasteiger partial charge in [-0.3, -0.25) is 4.79 Å². The van der Waals surface area contributed by atoms with Gasteiger partial charge >= 0.3 is 0 Å². The fourth-order valence-corrected chi connectivity index (χ4v) is 3.56. The van der Waals surface area contributed by atoms with Crippen molar-refractivity contribution in [2.75, 3.05) is 0 Å². The van der Waals surface area contributed by atoms with E-state index in [4.69, 9.17) is 4.43 Å². The normalized spacial score (nSPS) is 12.9. The van der Waals surface area contributed by atoms with Crippen molar-refractivity contribution in [1.29, 1.82) is 0 Å². The van der Waals surface area contributed by atoms with Crippen LogP contribution in [0.1, 0.15) is 34.0 Å². The summed E-state index contributed by atoms with van der Waals surface area (Å²) in [6, 6.07) is 17.6. The van der Waals surface area contributed by atoms with Gasteiger partial charge in [0.2, 0.25) is 0 Å². The summed E-state index contributed by atoms with van der Waals surface area (Å²) in [6.07, 6.45) is 0.222. The zero-order valence-corrected chi connectivity index (χ0v) is 14.8. The van der Waals surface area contributed by atoms with Gasteiger partial charge < -0.3 is 4.43 Å². The van der Waals surface area contributed by atoms with E-state index in [1.165, 1.54) is 5.56 Å². The minimum absolute atomic E-state index is 0.132. The fraction of sp³-hybridized carbons (Fsp3) is 0.316. The molecule has 0 amide bonds. The van der Waals surface area contributed by atoms with Crippen molar-refractivity contribution >= 4 is 14.1 Å². The Balaban J connectivity index is 2.26. The molecule has 0 radical (unpaired) electrons. The van der Waals surface area contributed by atoms with E-state index in [1.807, 2.05) is 42.5 Å². The standard InChI is InChI=1S/C19H24O2Si/c1-15-10-8-9-13-17(15)19(21-22(2,3)4)14-18(20)16-11-6-5-7-12-16/h5-13,19H,14H2,1-4H3/t19-/m0/s1. The lowest BCUT2D eigenvalue weighted by atomic mass is 9.97. The Labute approximate surface area is 134 Å². The van der Waals surface area contributed by atoms with Crippen LogP contribution in [-0.2, 0) is 4.43 Å². The number of Topliss-reactive ketones (excluding diaryl/α,β-unsaturated/α-hetero) is 1. The molecule has 2 rings (SSSR count). The average Bonchev–Trinajstić information content (AvgIpc) is 2.46. The van der Waals surface area contributed by atoms with Crippen molar-refractivity contribution in [3.63, 3.8) is 0 Å². The van der Waals surface area contributed by atoms with Gasteiger partial charge in [-0.1, -0.05) is 54.6 Å². The van der Waals surface area contributed by atoms with Gasteiger partial charge in [-0.25, -0.2) is 0 Å². The molecule has 0 aromatic heterocycles. The summed E-state index contributed by atoms with van der Waals surface area (Å²) in [7, 11) is -1.75. The van der Waals surface area contributed by atoms with Crippen LogP contribution < -0.4 is 0 Å². The second-order valence-electron chi connectivity index (χ2n) is 6.57. The summed E-state index contributed by atoms with van der Waals surface area (Å²) < 4.78 is 6.31. The molecule has 0 aliphatic rings. The number of hydrogen-bond acceptors (Lipinski definition) is 2. The van der Waals surface area contributed by atoms with E-state index in [2.05, 4.69) is 38.7 Å². The van der Waals surface area contributed by atoms with Crippen LogP contribution in [0.25, 0.3) is 0 Å². The Morgan fingerprint density at radius 1 is 1.00 bits per heavy atom. The van der Waals surface area contributed by atoms with Gasteiger partial charge in [-0.2, -0.15) is 0 Å². The number of carbonyl (C=O) groups is 1. The highest BCUT2D eigenvalue weighted by Crippen LogP contribution is 2.29. The van der Waals surface area contributed by atoms with Gasteiger partial charge in [0.05, 0.1) is 6.10 Å². The first kappa shape index (κ1) is 16.7. The molecule has 0 N–H and O–H groups in total. The second-order valence-corrected chi connectivity index (χ2v) is 11.0. The van der Waals surface area contributed by atoms with E-state index < -0.39 is 8.32 Å². The molecule has 0 saturated heterocycles. The van der Waals surface area contributed by atoms with Gasteiger partial charge in [-0.05, 0) is 37.7 Å². The molecule has 0 spiro atoms. The maximum atomic E-state index is 12.6. The van der Waals surface area contributed by atoms with Crippen molar-refractivity contribution in [2.24, 2.45) is 0 Å². The summed E-state index contributed by atoms with van der Waals surface area (Å²) in [6.45, 7) is 8.55. The number of carbonyl (C=O) groups excluding carboxylic acids is 1. The van der Waals surface area contributed by atoms with Crippen LogP contribution in [0.15, 0.2) is 54.6 Å². The Bertz CT molecular complexity index is 629. The molecule has 0 aliphatic heterocycles. The van der Waals surface area contributed by atoms with E-state index in [-0.39, 0.29) is 11.9 Å². The molecule has 2 nitrogen and oxygen atoms in total. The first-order chi connectivity index (χ1) is 10.4. The number of aryl methyl sites for hydroxylation is 1. The molecule has 0 aliphatic carbocycles. The van der Waals surface area contributed by atoms with Gasteiger partial charge in [-0.15, -0.1) is 0 Å². The zero-order chi connectivity index (χ0) is 16.2. The minimum atomic E-state index is -1.75. The van der Waals surface area contributed by atoms with Crippen LogP contribution in [0.2, 0.25) is 19.6 Å². The van der Waals surface area contributed by atoms with Crippen LogP contribution in [0, 0.1) is 6.92 Å². The lowest BCUT2D eigenvalue weighted by Crippen LogP contribution is -2.29. The highest BCUT2D eigenvalue weighted by Gasteiger charge is 2.25. The Morgan fingerprint density at radius 3 is 2.18 bits per heavy atom. The first-order valence-electron chi connectivity index (χ1n) is 7.68. The Kier molecular flexibility index (Phi) is 5.32. The molecule has 1 atom stereocenters. The van der Waals surface area contributed by atoms with Gasteiger partial charge in [0.25, 0.3) is 0 Å². The quantitative estimate of drug-likeness (QED) is 0.544. The first-order valence-corrected chi connectivity index (χ1v) is 11.1. The lowest BCUT2D eigenvalue weighted by Gasteiger charge is -2.27. The molecular weight excluding hydrogens is 288 g/mol. The molecule has 0 unspecified atom stereocenters. The summed E-state index contributed by atoms with van der Waals surface area (Å²) in [5, 5.41) is 0. The molecule has 22 heavy (non-hydrogen) atoms.